The molecule has 3 amide bonds. The Balaban J connectivity index is 1.31. The third-order valence-corrected chi connectivity index (χ3v) is 8.45. The molecular weight excluding hydrogens is 707 g/mol. The number of hydrogen-bond donors (Lipinski definition) is 1. The molecule has 0 radical (unpaired) electrons. The van der Waals surface area contributed by atoms with Crippen LogP contribution in [-0.2, 0) is 15.6 Å². The van der Waals surface area contributed by atoms with E-state index in [-0.39, 0.29) is 50.8 Å². The zero-order valence-corrected chi connectivity index (χ0v) is 25.9. The topological polar surface area (TPSA) is 123 Å². The number of amidine groups is 1. The molecule has 11 nitrogen and oxygen atoms in total. The number of rotatable bonds is 8. The number of thioether (sulfide) groups is 1. The minimum absolute atomic E-state index is 0.0198. The third kappa shape index (κ3) is 8.42. The van der Waals surface area contributed by atoms with Crippen molar-refractivity contribution >= 4 is 56.7 Å². The quantitative estimate of drug-likeness (QED) is 0.150. The lowest BCUT2D eigenvalue weighted by molar-refractivity contribution is -0.139. The number of amides is 3. The van der Waals surface area contributed by atoms with Crippen molar-refractivity contribution in [1.29, 1.82) is 0 Å². The van der Waals surface area contributed by atoms with Crippen LogP contribution in [0.25, 0.3) is 21.9 Å². The standard InChI is InChI=1S/C29H18F7N7O4S2/c1-37-17-3-9-23(47-11-10-28(31,32)33)22(13-17)43-24(44)14-48-27(43)40-26(45)39-21-8-2-16(12-20(21)30)25-38-15-42(41-25)18-4-6-19(7-5-18)49(46)29(34,35)36/h2-9,12-13,15H,10-11,14H2,(H,39,45)/b40-27-. The summed E-state index contributed by atoms with van der Waals surface area (Å²) in [4.78, 5) is 37.2. The Morgan fingerprint density at radius 1 is 1.08 bits per heavy atom. The fourth-order valence-corrected chi connectivity index (χ4v) is 5.70. The van der Waals surface area contributed by atoms with Gasteiger partial charge in [0.25, 0.3) is 0 Å². The Morgan fingerprint density at radius 2 is 1.82 bits per heavy atom. The third-order valence-electron chi connectivity index (χ3n) is 6.40. The molecule has 2 heterocycles. The van der Waals surface area contributed by atoms with E-state index in [1.54, 1.807) is 0 Å². The summed E-state index contributed by atoms with van der Waals surface area (Å²) in [7, 11) is -3.21. The molecule has 1 saturated heterocycles. The first-order chi connectivity index (χ1) is 23.1. The number of nitrogens with zero attached hydrogens (tertiary/aromatic N) is 6. The van der Waals surface area contributed by atoms with E-state index in [0.717, 1.165) is 34.9 Å². The van der Waals surface area contributed by atoms with E-state index in [0.29, 0.717) is 0 Å². The highest BCUT2D eigenvalue weighted by Crippen LogP contribution is 2.38. The van der Waals surface area contributed by atoms with E-state index in [2.05, 4.69) is 25.2 Å². The number of alkyl halides is 6. The number of aromatic nitrogens is 3. The van der Waals surface area contributed by atoms with Crippen molar-refractivity contribution in [2.45, 2.75) is 23.0 Å². The SMILES string of the molecule is [C-]#[N+]c1ccc(OCCC(F)(F)F)c(N2C(=O)CS/C2=N\C(=O)Nc2ccc(-c3ncn(-c4ccc(S(=O)C(F)(F)F)cc4)n3)cc2F)c1. The van der Waals surface area contributed by atoms with Gasteiger partial charge in [-0.2, -0.15) is 31.3 Å². The molecule has 1 N–H and O–H groups in total. The number of urea groups is 1. The highest BCUT2D eigenvalue weighted by Gasteiger charge is 2.38. The number of anilines is 2. The van der Waals surface area contributed by atoms with Crippen molar-refractivity contribution in [2.75, 3.05) is 22.6 Å². The number of nitrogens with one attached hydrogen (secondary N) is 1. The second kappa shape index (κ2) is 14.1. The van der Waals surface area contributed by atoms with Crippen LogP contribution in [0.15, 0.2) is 76.9 Å². The van der Waals surface area contributed by atoms with Crippen molar-refractivity contribution in [1.82, 2.24) is 14.8 Å². The van der Waals surface area contributed by atoms with Gasteiger partial charge in [0.1, 0.15) is 17.9 Å². The number of ether oxygens (including phenoxy) is 1. The number of aliphatic imine (C=N–C) groups is 1. The first-order valence-electron chi connectivity index (χ1n) is 13.5. The van der Waals surface area contributed by atoms with Crippen LogP contribution in [0.1, 0.15) is 6.42 Å². The average Bonchev–Trinajstić information content (AvgIpc) is 3.68. The molecule has 49 heavy (non-hydrogen) atoms. The first-order valence-corrected chi connectivity index (χ1v) is 15.6. The molecule has 254 valence electrons. The number of halogens is 7. The molecular formula is C29H18F7N7O4S2. The molecule has 1 aromatic heterocycles. The molecule has 1 aliphatic heterocycles. The summed E-state index contributed by atoms with van der Waals surface area (Å²) < 4.78 is 109. The normalized spacial score (nSPS) is 14.9. The molecule has 1 atom stereocenters. The maximum atomic E-state index is 15.1. The van der Waals surface area contributed by atoms with Crippen LogP contribution in [0.3, 0.4) is 0 Å². The molecule has 20 heteroatoms. The monoisotopic (exact) mass is 725 g/mol. The second-order valence-corrected chi connectivity index (χ2v) is 12.1. The van der Waals surface area contributed by atoms with Crippen molar-refractivity contribution < 1.29 is 49.3 Å². The Hall–Kier alpha value is -5.29. The van der Waals surface area contributed by atoms with E-state index in [9.17, 15) is 40.1 Å². The Morgan fingerprint density at radius 3 is 2.47 bits per heavy atom. The largest absolute Gasteiger partial charge is 0.491 e. The Labute approximate surface area is 278 Å². The molecule has 3 aromatic carbocycles. The number of carbonyl (C=O) groups is 2. The van der Waals surface area contributed by atoms with E-state index in [1.807, 2.05) is 0 Å². The van der Waals surface area contributed by atoms with Gasteiger partial charge in [-0.3, -0.25) is 9.69 Å². The summed E-state index contributed by atoms with van der Waals surface area (Å²) in [5, 5.41) is 6.21. The van der Waals surface area contributed by atoms with Gasteiger partial charge in [-0.25, -0.2) is 27.9 Å². The summed E-state index contributed by atoms with van der Waals surface area (Å²) >= 11 is 0.825. The lowest BCUT2D eigenvalue weighted by Crippen LogP contribution is -2.31. The number of hydrogen-bond acceptors (Lipinski definition) is 7. The lowest BCUT2D eigenvalue weighted by atomic mass is 10.2. The van der Waals surface area contributed by atoms with Crippen molar-refractivity contribution in [3.63, 3.8) is 0 Å². The Kier molecular flexibility index (Phi) is 10.0. The lowest BCUT2D eigenvalue weighted by Gasteiger charge is -2.20. The molecule has 1 aliphatic rings. The van der Waals surface area contributed by atoms with E-state index in [1.165, 1.54) is 53.5 Å². The first kappa shape index (κ1) is 35.0. The van der Waals surface area contributed by atoms with Gasteiger partial charge >= 0.3 is 17.7 Å². The molecule has 0 aliphatic carbocycles. The van der Waals surface area contributed by atoms with Gasteiger partial charge < -0.3 is 10.1 Å². The fourth-order valence-electron chi connectivity index (χ4n) is 4.19. The van der Waals surface area contributed by atoms with Crippen LogP contribution >= 0.6 is 11.8 Å². The Bertz CT molecular complexity index is 2010. The second-order valence-electron chi connectivity index (χ2n) is 9.74. The summed E-state index contributed by atoms with van der Waals surface area (Å²) in [6.07, 6.45) is -4.56. The van der Waals surface area contributed by atoms with Gasteiger partial charge in [0, 0.05) is 10.5 Å². The van der Waals surface area contributed by atoms with E-state index >= 15 is 4.39 Å². The van der Waals surface area contributed by atoms with Gasteiger partial charge in [-0.05, 0) is 54.6 Å². The van der Waals surface area contributed by atoms with Crippen LogP contribution in [-0.4, -0.2) is 60.1 Å². The van der Waals surface area contributed by atoms with Crippen molar-refractivity contribution in [3.05, 3.63) is 84.2 Å². The summed E-state index contributed by atoms with van der Waals surface area (Å²) in [5.41, 5.74) is -4.87. The molecule has 1 unspecified atom stereocenters. The van der Waals surface area contributed by atoms with E-state index in [4.69, 9.17) is 11.3 Å². The minimum Gasteiger partial charge on any atom is -0.491 e. The molecule has 0 spiro atoms. The maximum absolute atomic E-state index is 15.1. The number of carbonyl (C=O) groups excluding carboxylic acids is 2. The highest BCUT2D eigenvalue weighted by atomic mass is 32.2. The predicted molar refractivity (Wildman–Crippen MR) is 164 cm³/mol. The van der Waals surface area contributed by atoms with E-state index < -0.39 is 58.2 Å². The maximum Gasteiger partial charge on any atom is 0.475 e. The zero-order chi connectivity index (χ0) is 35.5. The van der Waals surface area contributed by atoms with Crippen molar-refractivity contribution in [3.8, 4) is 22.8 Å². The van der Waals surface area contributed by atoms with Gasteiger partial charge in [-0.1, -0.05) is 17.8 Å². The minimum atomic E-state index is -4.92. The predicted octanol–water partition coefficient (Wildman–Crippen LogP) is 7.25. The molecule has 0 saturated carbocycles. The molecule has 1 fully saturated rings. The van der Waals surface area contributed by atoms with Crippen LogP contribution < -0.4 is 15.0 Å². The zero-order valence-electron chi connectivity index (χ0n) is 24.3. The van der Waals surface area contributed by atoms with Crippen LogP contribution in [0.4, 0.5) is 52.6 Å². The molecule has 0 bridgehead atoms. The van der Waals surface area contributed by atoms with Gasteiger partial charge in [-0.15, -0.1) is 5.10 Å². The molecule has 5 rings (SSSR count). The highest BCUT2D eigenvalue weighted by molar-refractivity contribution is 8.15. The van der Waals surface area contributed by atoms with Crippen LogP contribution in [0.2, 0.25) is 0 Å². The van der Waals surface area contributed by atoms with Crippen LogP contribution in [0, 0.1) is 12.4 Å². The smallest absolute Gasteiger partial charge is 0.475 e. The summed E-state index contributed by atoms with van der Waals surface area (Å²) in [5.74, 6) is -1.87. The van der Waals surface area contributed by atoms with Crippen molar-refractivity contribution in [2.24, 2.45) is 4.99 Å². The van der Waals surface area contributed by atoms with Crippen LogP contribution in [0.5, 0.6) is 5.75 Å². The summed E-state index contributed by atoms with van der Waals surface area (Å²) in [6.45, 7) is 6.48. The fraction of sp³-hybridized carbons (Fsp3) is 0.172. The van der Waals surface area contributed by atoms with Gasteiger partial charge in [0.05, 0.1) is 42.4 Å². The molecule has 4 aromatic rings. The van der Waals surface area contributed by atoms with Gasteiger partial charge in [0.2, 0.25) is 5.91 Å². The van der Waals surface area contributed by atoms with Gasteiger partial charge in [0.15, 0.2) is 27.5 Å². The summed E-state index contributed by atoms with van der Waals surface area (Å²) in [6, 6.07) is 10.7. The number of benzene rings is 3. The average molecular weight is 726 g/mol.